The molecule has 2 heterocycles. The first-order valence-corrected chi connectivity index (χ1v) is 12.0. The van der Waals surface area contributed by atoms with Gasteiger partial charge in [0.25, 0.3) is 0 Å². The summed E-state index contributed by atoms with van der Waals surface area (Å²) in [6.07, 6.45) is 7.57. The van der Waals surface area contributed by atoms with Crippen molar-refractivity contribution in [2.75, 3.05) is 19.6 Å². The minimum Gasteiger partial charge on any atom is -0.487 e. The van der Waals surface area contributed by atoms with Crippen LogP contribution in [-0.2, 0) is 4.79 Å². The van der Waals surface area contributed by atoms with Crippen LogP contribution in [0.15, 0.2) is 24.3 Å². The molecule has 170 valence electrons. The number of amides is 3. The highest BCUT2D eigenvalue weighted by Gasteiger charge is 2.44. The number of nitrogens with zero attached hydrogens (tertiary/aromatic N) is 1. The van der Waals surface area contributed by atoms with Crippen LogP contribution in [0.4, 0.5) is 4.79 Å². The summed E-state index contributed by atoms with van der Waals surface area (Å²) in [5.74, 6) is 1.60. The van der Waals surface area contributed by atoms with Crippen LogP contribution in [0.5, 0.6) is 5.75 Å². The Morgan fingerprint density at radius 1 is 1.16 bits per heavy atom. The topological polar surface area (TPSA) is 70.7 Å². The Labute approximate surface area is 186 Å². The molecule has 1 aromatic carbocycles. The number of piperidine rings is 1. The number of fused-ring (bicyclic) bond motifs is 1. The predicted octanol–water partition coefficient (Wildman–Crippen LogP) is 4.20. The van der Waals surface area contributed by atoms with Crippen LogP contribution in [0.25, 0.3) is 0 Å². The summed E-state index contributed by atoms with van der Waals surface area (Å²) < 4.78 is 6.54. The number of carbonyl (C=O) groups is 2. The SMILES string of the molecule is CC(C)CNC(=O)CC1CC2(CCN(C(=O)NC3CCCC3)CC2)Oc2ccccc21. The Balaban J connectivity index is 1.40. The van der Waals surface area contributed by atoms with Crippen molar-refractivity contribution >= 4 is 11.9 Å². The lowest BCUT2D eigenvalue weighted by molar-refractivity contribution is -0.122. The summed E-state index contributed by atoms with van der Waals surface area (Å²) in [6.45, 7) is 6.32. The van der Waals surface area contributed by atoms with Gasteiger partial charge < -0.3 is 20.3 Å². The van der Waals surface area contributed by atoms with E-state index in [9.17, 15) is 9.59 Å². The Bertz CT molecular complexity index is 780. The van der Waals surface area contributed by atoms with E-state index in [-0.39, 0.29) is 23.5 Å². The summed E-state index contributed by atoms with van der Waals surface area (Å²) in [5.41, 5.74) is 0.843. The Kier molecular flexibility index (Phi) is 6.73. The van der Waals surface area contributed by atoms with Crippen LogP contribution in [0.3, 0.4) is 0 Å². The zero-order chi connectivity index (χ0) is 21.8. The van der Waals surface area contributed by atoms with E-state index < -0.39 is 0 Å². The number of carbonyl (C=O) groups excluding carboxylic acids is 2. The van der Waals surface area contributed by atoms with E-state index in [0.29, 0.717) is 38.0 Å². The molecule has 4 rings (SSSR count). The lowest BCUT2D eigenvalue weighted by atomic mass is 9.76. The molecule has 3 amide bonds. The number of urea groups is 1. The third-order valence-electron chi connectivity index (χ3n) is 7.09. The molecule has 1 spiro atoms. The molecule has 1 saturated carbocycles. The smallest absolute Gasteiger partial charge is 0.317 e. The van der Waals surface area contributed by atoms with Crippen molar-refractivity contribution < 1.29 is 14.3 Å². The van der Waals surface area contributed by atoms with Gasteiger partial charge in [-0.25, -0.2) is 4.79 Å². The number of ether oxygens (including phenoxy) is 1. The van der Waals surface area contributed by atoms with Gasteiger partial charge in [-0.2, -0.15) is 0 Å². The van der Waals surface area contributed by atoms with Crippen LogP contribution < -0.4 is 15.4 Å². The third-order valence-corrected chi connectivity index (χ3v) is 7.09. The highest BCUT2D eigenvalue weighted by atomic mass is 16.5. The molecule has 6 heteroatoms. The fourth-order valence-electron chi connectivity index (χ4n) is 5.30. The van der Waals surface area contributed by atoms with Gasteiger partial charge in [-0.3, -0.25) is 4.79 Å². The zero-order valence-electron chi connectivity index (χ0n) is 19.0. The summed E-state index contributed by atoms with van der Waals surface area (Å²) >= 11 is 0. The number of para-hydroxylation sites is 1. The van der Waals surface area contributed by atoms with Gasteiger partial charge in [-0.1, -0.05) is 44.9 Å². The summed E-state index contributed by atoms with van der Waals surface area (Å²) in [7, 11) is 0. The van der Waals surface area contributed by atoms with Crippen molar-refractivity contribution in [2.45, 2.75) is 82.8 Å². The number of rotatable bonds is 5. The van der Waals surface area contributed by atoms with E-state index in [1.807, 2.05) is 23.1 Å². The Hall–Kier alpha value is -2.24. The van der Waals surface area contributed by atoms with Crippen LogP contribution in [-0.4, -0.2) is 48.1 Å². The number of benzene rings is 1. The molecule has 1 unspecified atom stereocenters. The maximum absolute atomic E-state index is 12.7. The first-order chi connectivity index (χ1) is 14.9. The first kappa shape index (κ1) is 22.0. The van der Waals surface area contributed by atoms with Crippen molar-refractivity contribution in [1.29, 1.82) is 0 Å². The van der Waals surface area contributed by atoms with Gasteiger partial charge in [-0.15, -0.1) is 0 Å². The normalized spacial score (nSPS) is 22.8. The Morgan fingerprint density at radius 2 is 1.87 bits per heavy atom. The van der Waals surface area contributed by atoms with Gasteiger partial charge in [0, 0.05) is 50.9 Å². The van der Waals surface area contributed by atoms with Gasteiger partial charge >= 0.3 is 6.03 Å². The van der Waals surface area contributed by atoms with Gasteiger partial charge in [-0.05, 0) is 36.8 Å². The second-order valence-corrected chi connectivity index (χ2v) is 10.0. The highest BCUT2D eigenvalue weighted by Crippen LogP contribution is 2.46. The van der Waals surface area contributed by atoms with Crippen molar-refractivity contribution in [3.8, 4) is 5.75 Å². The van der Waals surface area contributed by atoms with E-state index in [0.717, 1.165) is 43.4 Å². The van der Waals surface area contributed by atoms with Crippen molar-refractivity contribution in [3.05, 3.63) is 29.8 Å². The molecular weight excluding hydrogens is 390 g/mol. The molecule has 0 bridgehead atoms. The van der Waals surface area contributed by atoms with Crippen LogP contribution in [0.2, 0.25) is 0 Å². The quantitative estimate of drug-likeness (QED) is 0.740. The summed E-state index contributed by atoms with van der Waals surface area (Å²) in [6, 6.07) is 8.55. The molecule has 1 atom stereocenters. The Morgan fingerprint density at radius 3 is 2.58 bits per heavy atom. The number of hydrogen-bond donors (Lipinski definition) is 2. The predicted molar refractivity (Wildman–Crippen MR) is 121 cm³/mol. The maximum atomic E-state index is 12.7. The standard InChI is InChI=1S/C25H37N3O3/c1-18(2)17-26-23(29)15-19-16-25(31-22-10-6-5-9-21(19)22)11-13-28(14-12-25)24(30)27-20-7-3-4-8-20/h5-6,9-10,18-20H,3-4,7-8,11-17H2,1-2H3,(H,26,29)(H,27,30). The van der Waals surface area contributed by atoms with Crippen molar-refractivity contribution in [1.82, 2.24) is 15.5 Å². The van der Waals surface area contributed by atoms with E-state index >= 15 is 0 Å². The van der Waals surface area contributed by atoms with Crippen molar-refractivity contribution in [2.24, 2.45) is 5.92 Å². The van der Waals surface area contributed by atoms with E-state index in [2.05, 4.69) is 30.5 Å². The van der Waals surface area contributed by atoms with E-state index in [1.54, 1.807) is 0 Å². The minimum atomic E-state index is -0.290. The molecule has 1 saturated heterocycles. The molecule has 31 heavy (non-hydrogen) atoms. The van der Waals surface area contributed by atoms with Gasteiger partial charge in [0.15, 0.2) is 0 Å². The molecule has 0 radical (unpaired) electrons. The minimum absolute atomic E-state index is 0.0718. The molecule has 0 aromatic heterocycles. The highest BCUT2D eigenvalue weighted by molar-refractivity contribution is 5.77. The fourth-order valence-corrected chi connectivity index (χ4v) is 5.30. The van der Waals surface area contributed by atoms with E-state index in [4.69, 9.17) is 4.74 Å². The van der Waals surface area contributed by atoms with Gasteiger partial charge in [0.05, 0.1) is 0 Å². The lowest BCUT2D eigenvalue weighted by Gasteiger charge is -2.47. The molecule has 1 aromatic rings. The molecule has 6 nitrogen and oxygen atoms in total. The summed E-state index contributed by atoms with van der Waals surface area (Å²) in [5, 5.41) is 6.27. The van der Waals surface area contributed by atoms with Gasteiger partial charge in [0.1, 0.15) is 11.4 Å². The molecular formula is C25H37N3O3. The fraction of sp³-hybridized carbons (Fsp3) is 0.680. The molecule has 2 N–H and O–H groups in total. The second-order valence-electron chi connectivity index (χ2n) is 10.0. The number of likely N-dealkylation sites (tertiary alicyclic amines) is 1. The van der Waals surface area contributed by atoms with Crippen LogP contribution in [0.1, 0.15) is 76.7 Å². The second kappa shape index (κ2) is 9.49. The average Bonchev–Trinajstić information content (AvgIpc) is 3.26. The largest absolute Gasteiger partial charge is 0.487 e. The molecule has 3 aliphatic rings. The van der Waals surface area contributed by atoms with Crippen LogP contribution >= 0.6 is 0 Å². The average molecular weight is 428 g/mol. The zero-order valence-corrected chi connectivity index (χ0v) is 19.0. The lowest BCUT2D eigenvalue weighted by Crippen LogP contribution is -2.54. The molecule has 1 aliphatic carbocycles. The van der Waals surface area contributed by atoms with E-state index in [1.165, 1.54) is 12.8 Å². The summed E-state index contributed by atoms with van der Waals surface area (Å²) in [4.78, 5) is 27.2. The number of nitrogens with one attached hydrogen (secondary N) is 2. The molecule has 2 aliphatic heterocycles. The number of hydrogen-bond acceptors (Lipinski definition) is 3. The molecule has 2 fully saturated rings. The van der Waals surface area contributed by atoms with Crippen molar-refractivity contribution in [3.63, 3.8) is 0 Å². The first-order valence-electron chi connectivity index (χ1n) is 12.0. The third kappa shape index (κ3) is 5.34. The van der Waals surface area contributed by atoms with Crippen LogP contribution in [0, 0.1) is 5.92 Å². The van der Waals surface area contributed by atoms with Gasteiger partial charge in [0.2, 0.25) is 5.91 Å². The monoisotopic (exact) mass is 427 g/mol. The maximum Gasteiger partial charge on any atom is 0.317 e.